The Labute approximate surface area is 206 Å². The van der Waals surface area contributed by atoms with E-state index >= 15 is 0 Å². The zero-order valence-electron chi connectivity index (χ0n) is 18.6. The van der Waals surface area contributed by atoms with E-state index in [0.29, 0.717) is 0 Å². The fraction of sp³-hybridized carbons (Fsp3) is 0. The summed E-state index contributed by atoms with van der Waals surface area (Å²) in [6.07, 6.45) is 0. The molecule has 164 valence electrons. The molecular formula is C30H24P4. The van der Waals surface area contributed by atoms with Crippen LogP contribution >= 0.6 is 29.8 Å². The molecule has 34 heavy (non-hydrogen) atoms. The molecule has 6 rings (SSSR count). The van der Waals surface area contributed by atoms with Crippen LogP contribution in [0, 0.1) is 0 Å². The second-order valence-corrected chi connectivity index (χ2v) is 23.5. The highest BCUT2D eigenvalue weighted by molar-refractivity contribution is 8.90. The molecule has 1 heterocycles. The first-order chi connectivity index (χ1) is 16.9. The van der Waals surface area contributed by atoms with Gasteiger partial charge in [-0.15, -0.1) is 0 Å². The highest BCUT2D eigenvalue weighted by atomic mass is 32.8. The Balaban J connectivity index is 1.64. The summed E-state index contributed by atoms with van der Waals surface area (Å²) in [5.41, 5.74) is 0. The minimum atomic E-state index is -0.502. The van der Waals surface area contributed by atoms with E-state index in [-0.39, 0.29) is 6.99 Å². The molecule has 0 amide bonds. The van der Waals surface area contributed by atoms with Crippen molar-refractivity contribution in [1.82, 2.24) is 0 Å². The molecule has 5 aromatic rings. The highest BCUT2D eigenvalue weighted by Crippen LogP contribution is 3.00. The van der Waals surface area contributed by atoms with Crippen LogP contribution in [0.25, 0.3) is 0 Å². The number of hydrogen-bond acceptors (Lipinski definition) is 0. The lowest BCUT2D eigenvalue weighted by molar-refractivity contribution is 1.76. The molecule has 0 saturated carbocycles. The van der Waals surface area contributed by atoms with Gasteiger partial charge in [-0.25, -0.2) is 0 Å². The molecule has 0 fully saturated rings. The Bertz CT molecular complexity index is 1250. The van der Waals surface area contributed by atoms with Gasteiger partial charge < -0.3 is 0 Å². The van der Waals surface area contributed by atoms with E-state index in [2.05, 4.69) is 146 Å². The molecule has 1 aliphatic rings. The number of fused-ring (bicyclic) bond motifs is 1. The third-order valence-corrected chi connectivity index (χ3v) is 28.9. The summed E-state index contributed by atoms with van der Waals surface area (Å²) in [7, 11) is -1.39. The topological polar surface area (TPSA) is 0 Å². The first-order valence-electron chi connectivity index (χ1n) is 11.4. The lowest BCUT2D eigenvalue weighted by atomic mass is 10.4. The first-order valence-corrected chi connectivity index (χ1v) is 18.9. The van der Waals surface area contributed by atoms with Gasteiger partial charge in [0.2, 0.25) is 0 Å². The van der Waals surface area contributed by atoms with Gasteiger partial charge in [-0.2, -0.15) is 0 Å². The third kappa shape index (κ3) is 4.20. The van der Waals surface area contributed by atoms with E-state index in [4.69, 9.17) is 0 Å². The predicted octanol–water partition coefficient (Wildman–Crippen LogP) is 6.93. The predicted molar refractivity (Wildman–Crippen MR) is 158 cm³/mol. The van der Waals surface area contributed by atoms with Gasteiger partial charge in [0.05, 0.1) is 0 Å². The van der Waals surface area contributed by atoms with Gasteiger partial charge in [0.15, 0.2) is 0 Å². The van der Waals surface area contributed by atoms with Gasteiger partial charge in [0, 0.05) is 0 Å². The highest BCUT2D eigenvalue weighted by Gasteiger charge is 2.46. The first kappa shape index (κ1) is 22.3. The zero-order chi connectivity index (χ0) is 22.7. The van der Waals surface area contributed by atoms with E-state index in [1.807, 2.05) is 0 Å². The quantitative estimate of drug-likeness (QED) is 0.226. The van der Waals surface area contributed by atoms with E-state index in [1.54, 1.807) is 10.6 Å². The summed E-state index contributed by atoms with van der Waals surface area (Å²) in [6.45, 7) is -0.373. The van der Waals surface area contributed by atoms with Gasteiger partial charge in [0.25, 0.3) is 0 Å². The average molecular weight is 508 g/mol. The molecule has 2 unspecified atom stereocenters. The molecule has 1 aliphatic heterocycles. The monoisotopic (exact) mass is 508 g/mol. The maximum absolute atomic E-state index is 2.43. The van der Waals surface area contributed by atoms with Crippen molar-refractivity contribution in [3.8, 4) is 0 Å². The maximum Gasteiger partial charge on any atom is -0.00340 e. The van der Waals surface area contributed by atoms with Crippen molar-refractivity contribution >= 4 is 61.6 Å². The molecule has 0 radical (unpaired) electrons. The van der Waals surface area contributed by atoms with E-state index in [0.717, 1.165) is 0 Å². The minimum Gasteiger partial charge on any atom is -0.0622 e. The molecule has 0 aromatic heterocycles. The van der Waals surface area contributed by atoms with Crippen LogP contribution in [0.3, 0.4) is 0 Å². The number of hydrogen-bond donors (Lipinski definition) is 0. The lowest BCUT2D eigenvalue weighted by Gasteiger charge is -2.35. The van der Waals surface area contributed by atoms with Gasteiger partial charge in [0.1, 0.15) is 0 Å². The zero-order valence-corrected chi connectivity index (χ0v) is 22.2. The van der Waals surface area contributed by atoms with Crippen molar-refractivity contribution in [2.75, 3.05) is 0 Å². The Kier molecular flexibility index (Phi) is 6.69. The summed E-state index contributed by atoms with van der Waals surface area (Å²) in [4.78, 5) is 0. The van der Waals surface area contributed by atoms with Crippen LogP contribution in [0.2, 0.25) is 0 Å². The molecule has 4 heteroatoms. The SMILES string of the molecule is c1ccc(P(c2ccccc2)P2P(c3ccccc3)c3ccccc3P2c2ccccc2)cc1. The van der Waals surface area contributed by atoms with Crippen LogP contribution in [-0.4, -0.2) is 0 Å². The maximum atomic E-state index is 2.43. The van der Waals surface area contributed by atoms with Crippen LogP contribution in [-0.2, 0) is 0 Å². The standard InChI is InChI=1S/C30H24P4/c1-5-15-25(16-6-1)31(26-17-7-2-8-18-26)34-32(27-19-9-3-10-20-27)29-23-13-14-24-30(29)33(34)28-21-11-4-12-22-28/h1-24H. The van der Waals surface area contributed by atoms with Gasteiger partial charge in [-0.1, -0.05) is 146 Å². The average Bonchev–Trinajstić information content (AvgIpc) is 3.26. The van der Waals surface area contributed by atoms with Crippen molar-refractivity contribution in [1.29, 1.82) is 0 Å². The summed E-state index contributed by atoms with van der Waals surface area (Å²) < 4.78 is 0. The Morgan fingerprint density at radius 1 is 0.353 bits per heavy atom. The second kappa shape index (κ2) is 10.2. The van der Waals surface area contributed by atoms with Gasteiger partial charge >= 0.3 is 0 Å². The summed E-state index contributed by atoms with van der Waals surface area (Å²) in [5, 5.41) is 9.27. The molecular weight excluding hydrogens is 484 g/mol. The molecule has 5 aromatic carbocycles. The Morgan fingerprint density at radius 3 is 1.06 bits per heavy atom. The summed E-state index contributed by atoms with van der Waals surface area (Å²) >= 11 is 0. The number of rotatable bonds is 5. The van der Waals surface area contributed by atoms with Crippen LogP contribution in [0.5, 0.6) is 0 Å². The normalized spacial score (nSPS) is 19.1. The van der Waals surface area contributed by atoms with Crippen LogP contribution in [0.4, 0.5) is 0 Å². The van der Waals surface area contributed by atoms with Crippen LogP contribution in [0.1, 0.15) is 0 Å². The fourth-order valence-corrected chi connectivity index (χ4v) is 34.6. The van der Waals surface area contributed by atoms with Crippen molar-refractivity contribution in [3.05, 3.63) is 146 Å². The minimum absolute atomic E-state index is 0.373. The lowest BCUT2D eigenvalue weighted by Crippen LogP contribution is -2.20. The Hall–Kier alpha value is -2.18. The van der Waals surface area contributed by atoms with E-state index in [1.165, 1.54) is 21.2 Å². The molecule has 0 bridgehead atoms. The van der Waals surface area contributed by atoms with E-state index in [9.17, 15) is 0 Å². The number of benzene rings is 5. The molecule has 0 aliphatic carbocycles. The van der Waals surface area contributed by atoms with Gasteiger partial charge in [-0.3, -0.25) is 0 Å². The fourth-order valence-electron chi connectivity index (χ4n) is 4.40. The van der Waals surface area contributed by atoms with Crippen molar-refractivity contribution in [2.45, 2.75) is 0 Å². The summed E-state index contributed by atoms with van der Waals surface area (Å²) in [6, 6.07) is 54.8. The second-order valence-electron chi connectivity index (χ2n) is 8.03. The summed E-state index contributed by atoms with van der Waals surface area (Å²) in [5.74, 6) is 0. The molecule has 0 spiro atoms. The largest absolute Gasteiger partial charge is 0.0622 e. The van der Waals surface area contributed by atoms with Crippen molar-refractivity contribution in [3.63, 3.8) is 0 Å². The van der Waals surface area contributed by atoms with Crippen LogP contribution < -0.4 is 31.8 Å². The molecule has 0 N–H and O–H groups in total. The smallest absolute Gasteiger partial charge is 0.00340 e. The van der Waals surface area contributed by atoms with Gasteiger partial charge in [-0.05, 0) is 61.6 Å². The molecule has 2 atom stereocenters. The van der Waals surface area contributed by atoms with Crippen molar-refractivity contribution in [2.24, 2.45) is 0 Å². The molecule has 0 saturated heterocycles. The third-order valence-electron chi connectivity index (χ3n) is 5.88. The van der Waals surface area contributed by atoms with Crippen molar-refractivity contribution < 1.29 is 0 Å². The van der Waals surface area contributed by atoms with Crippen LogP contribution in [0.15, 0.2) is 146 Å². The Morgan fingerprint density at radius 2 is 0.676 bits per heavy atom. The molecule has 0 nitrogen and oxygen atoms in total. The van der Waals surface area contributed by atoms with E-state index < -0.39 is 22.8 Å².